The van der Waals surface area contributed by atoms with E-state index in [0.29, 0.717) is 16.8 Å². The predicted molar refractivity (Wildman–Crippen MR) is 58.0 cm³/mol. The van der Waals surface area contributed by atoms with Crippen molar-refractivity contribution in [2.24, 2.45) is 0 Å². The molecule has 0 aliphatic rings. The molecule has 1 aromatic heterocycles. The van der Waals surface area contributed by atoms with E-state index >= 15 is 0 Å². The number of halogens is 2. The van der Waals surface area contributed by atoms with Crippen molar-refractivity contribution in [2.45, 2.75) is 12.8 Å². The Hall–Kier alpha value is -0.280. The van der Waals surface area contributed by atoms with Gasteiger partial charge in [0.05, 0.1) is 12.1 Å². The summed E-state index contributed by atoms with van der Waals surface area (Å²) in [7, 11) is 1.60. The van der Waals surface area contributed by atoms with E-state index < -0.39 is 0 Å². The highest BCUT2D eigenvalue weighted by Gasteiger charge is 2.10. The molecular formula is C9H11BrClNO. The fourth-order valence-electron chi connectivity index (χ4n) is 1.01. The van der Waals surface area contributed by atoms with E-state index in [2.05, 4.69) is 27.8 Å². The van der Waals surface area contributed by atoms with Gasteiger partial charge in [-0.05, 0) is 11.5 Å². The highest BCUT2D eigenvalue weighted by Crippen LogP contribution is 2.27. The average Bonchev–Trinajstić information content (AvgIpc) is 2.17. The van der Waals surface area contributed by atoms with Gasteiger partial charge in [-0.2, -0.15) is 0 Å². The summed E-state index contributed by atoms with van der Waals surface area (Å²) < 4.78 is 5.02. The zero-order chi connectivity index (χ0) is 9.84. The van der Waals surface area contributed by atoms with Gasteiger partial charge in [-0.1, -0.05) is 34.5 Å². The molecule has 1 atom stereocenters. The van der Waals surface area contributed by atoms with Crippen LogP contribution in [-0.2, 0) is 0 Å². The molecule has 0 aliphatic carbocycles. The predicted octanol–water partition coefficient (Wildman–Crippen LogP) is 3.24. The lowest BCUT2D eigenvalue weighted by Crippen LogP contribution is -1.98. The standard InChI is InChI=1S/C9H11BrClNO/c1-6(4-10)7-3-9(13-2)12-5-8(7)11/h3,5-6H,4H2,1-2H3. The maximum absolute atomic E-state index is 5.99. The maximum atomic E-state index is 5.99. The van der Waals surface area contributed by atoms with Gasteiger partial charge in [0.2, 0.25) is 5.88 Å². The fraction of sp³-hybridized carbons (Fsp3) is 0.444. The monoisotopic (exact) mass is 263 g/mol. The largest absolute Gasteiger partial charge is 0.481 e. The van der Waals surface area contributed by atoms with Crippen molar-refractivity contribution in [1.29, 1.82) is 0 Å². The molecule has 4 heteroatoms. The van der Waals surface area contributed by atoms with Crippen LogP contribution in [0.25, 0.3) is 0 Å². The molecule has 13 heavy (non-hydrogen) atoms. The van der Waals surface area contributed by atoms with E-state index in [9.17, 15) is 0 Å². The first-order chi connectivity index (χ1) is 6.19. The zero-order valence-corrected chi connectivity index (χ0v) is 9.89. The minimum absolute atomic E-state index is 0.365. The number of methoxy groups -OCH3 is 1. The number of hydrogen-bond donors (Lipinski definition) is 0. The van der Waals surface area contributed by atoms with Gasteiger partial charge in [0.1, 0.15) is 0 Å². The first-order valence-electron chi connectivity index (χ1n) is 3.94. The van der Waals surface area contributed by atoms with Crippen molar-refractivity contribution in [1.82, 2.24) is 4.98 Å². The summed E-state index contributed by atoms with van der Waals surface area (Å²) in [4.78, 5) is 4.00. The van der Waals surface area contributed by atoms with Crippen molar-refractivity contribution < 1.29 is 4.74 Å². The second kappa shape index (κ2) is 4.82. The number of rotatable bonds is 3. The number of nitrogens with zero attached hydrogens (tertiary/aromatic N) is 1. The molecule has 1 heterocycles. The van der Waals surface area contributed by atoms with Gasteiger partial charge in [0.25, 0.3) is 0 Å². The third-order valence-electron chi connectivity index (χ3n) is 1.83. The van der Waals surface area contributed by atoms with Crippen LogP contribution in [0.3, 0.4) is 0 Å². The normalized spacial score (nSPS) is 12.6. The summed E-state index contributed by atoms with van der Waals surface area (Å²) in [6.07, 6.45) is 1.62. The van der Waals surface area contributed by atoms with Crippen molar-refractivity contribution in [2.75, 3.05) is 12.4 Å². The van der Waals surface area contributed by atoms with Crippen molar-refractivity contribution >= 4 is 27.5 Å². The smallest absolute Gasteiger partial charge is 0.213 e. The second-order valence-electron chi connectivity index (χ2n) is 2.80. The maximum Gasteiger partial charge on any atom is 0.213 e. The molecular weight excluding hydrogens is 253 g/mol. The Kier molecular flexibility index (Phi) is 4.00. The molecule has 1 rings (SSSR count). The molecule has 1 aromatic rings. The Morgan fingerprint density at radius 3 is 2.92 bits per heavy atom. The molecule has 0 radical (unpaired) electrons. The lowest BCUT2D eigenvalue weighted by molar-refractivity contribution is 0.397. The van der Waals surface area contributed by atoms with Crippen molar-refractivity contribution in [3.63, 3.8) is 0 Å². The Morgan fingerprint density at radius 1 is 1.69 bits per heavy atom. The van der Waals surface area contributed by atoms with Crippen LogP contribution in [0.15, 0.2) is 12.3 Å². The molecule has 1 unspecified atom stereocenters. The highest BCUT2D eigenvalue weighted by molar-refractivity contribution is 9.09. The molecule has 0 saturated carbocycles. The van der Waals surface area contributed by atoms with Gasteiger partial charge >= 0.3 is 0 Å². The number of aromatic nitrogens is 1. The quantitative estimate of drug-likeness (QED) is 0.782. The number of hydrogen-bond acceptors (Lipinski definition) is 2. The molecule has 72 valence electrons. The van der Waals surface area contributed by atoms with Crippen LogP contribution in [0, 0.1) is 0 Å². The summed E-state index contributed by atoms with van der Waals surface area (Å²) in [5.41, 5.74) is 1.06. The van der Waals surface area contributed by atoms with Gasteiger partial charge in [0, 0.05) is 17.6 Å². The molecule has 0 bridgehead atoms. The SMILES string of the molecule is COc1cc(C(C)CBr)c(Cl)cn1. The van der Waals surface area contributed by atoms with Gasteiger partial charge in [0.15, 0.2) is 0 Å². The molecule has 0 fully saturated rings. The van der Waals surface area contributed by atoms with Crippen molar-refractivity contribution in [3.8, 4) is 5.88 Å². The summed E-state index contributed by atoms with van der Waals surface area (Å²) in [5.74, 6) is 0.969. The Morgan fingerprint density at radius 2 is 2.38 bits per heavy atom. The first kappa shape index (κ1) is 10.8. The van der Waals surface area contributed by atoms with E-state index in [1.54, 1.807) is 13.3 Å². The third-order valence-corrected chi connectivity index (χ3v) is 3.12. The number of ether oxygens (including phenoxy) is 1. The van der Waals surface area contributed by atoms with Crippen LogP contribution in [0.1, 0.15) is 18.4 Å². The van der Waals surface area contributed by atoms with Gasteiger partial charge in [-0.15, -0.1) is 0 Å². The Bertz CT molecular complexity index is 293. The van der Waals surface area contributed by atoms with Gasteiger partial charge in [-0.25, -0.2) is 4.98 Å². The van der Waals surface area contributed by atoms with Crippen LogP contribution in [0.5, 0.6) is 5.88 Å². The van der Waals surface area contributed by atoms with Crippen molar-refractivity contribution in [3.05, 3.63) is 22.8 Å². The van der Waals surface area contributed by atoms with E-state index in [0.717, 1.165) is 10.9 Å². The molecule has 0 aliphatic heterocycles. The van der Waals surface area contributed by atoms with E-state index in [1.165, 1.54) is 0 Å². The van der Waals surface area contributed by atoms with Crippen LogP contribution < -0.4 is 4.74 Å². The second-order valence-corrected chi connectivity index (χ2v) is 3.86. The van der Waals surface area contributed by atoms with Crippen LogP contribution in [0.4, 0.5) is 0 Å². The summed E-state index contributed by atoms with van der Waals surface area (Å²) in [5, 5.41) is 1.56. The lowest BCUT2D eigenvalue weighted by atomic mass is 10.1. The molecule has 0 spiro atoms. The van der Waals surface area contributed by atoms with E-state index in [4.69, 9.17) is 16.3 Å². The topological polar surface area (TPSA) is 22.1 Å². The Labute approximate surface area is 91.4 Å². The molecule has 0 amide bonds. The fourth-order valence-corrected chi connectivity index (χ4v) is 1.64. The molecule has 0 saturated heterocycles. The van der Waals surface area contributed by atoms with Crippen LogP contribution in [-0.4, -0.2) is 17.4 Å². The first-order valence-corrected chi connectivity index (χ1v) is 5.44. The molecule has 0 aromatic carbocycles. The lowest BCUT2D eigenvalue weighted by Gasteiger charge is -2.10. The zero-order valence-electron chi connectivity index (χ0n) is 7.55. The minimum Gasteiger partial charge on any atom is -0.481 e. The average molecular weight is 265 g/mol. The van der Waals surface area contributed by atoms with Gasteiger partial charge < -0.3 is 4.74 Å². The van der Waals surface area contributed by atoms with Gasteiger partial charge in [-0.3, -0.25) is 0 Å². The Balaban J connectivity index is 3.03. The molecule has 2 nitrogen and oxygen atoms in total. The minimum atomic E-state index is 0.365. The molecule has 0 N–H and O–H groups in total. The summed E-state index contributed by atoms with van der Waals surface area (Å²) in [6, 6.07) is 1.87. The highest BCUT2D eigenvalue weighted by atomic mass is 79.9. The number of alkyl halides is 1. The third kappa shape index (κ3) is 2.58. The van der Waals surface area contributed by atoms with Crippen LogP contribution >= 0.6 is 27.5 Å². The summed E-state index contributed by atoms with van der Waals surface area (Å²) >= 11 is 9.40. The van der Waals surface area contributed by atoms with E-state index in [-0.39, 0.29) is 0 Å². The van der Waals surface area contributed by atoms with Crippen LogP contribution in [0.2, 0.25) is 5.02 Å². The summed E-state index contributed by atoms with van der Waals surface area (Å²) in [6.45, 7) is 2.09. The number of pyridine rings is 1. The van der Waals surface area contributed by atoms with E-state index in [1.807, 2.05) is 6.07 Å².